The molecule has 4 heteroatoms. The molecule has 0 aliphatic carbocycles. The van der Waals surface area contributed by atoms with Crippen molar-refractivity contribution in [1.82, 2.24) is 9.88 Å². The van der Waals surface area contributed by atoms with E-state index in [0.717, 1.165) is 30.0 Å². The van der Waals surface area contributed by atoms with E-state index in [1.807, 2.05) is 26.0 Å². The highest BCUT2D eigenvalue weighted by Gasteiger charge is 2.29. The molecule has 1 saturated heterocycles. The minimum Gasteiger partial charge on any atom is -0.462 e. The van der Waals surface area contributed by atoms with Crippen molar-refractivity contribution in [2.75, 3.05) is 19.7 Å². The molecule has 0 radical (unpaired) electrons. The number of hydrogen-bond donors (Lipinski definition) is 0. The summed E-state index contributed by atoms with van der Waals surface area (Å²) >= 11 is 0. The Kier molecular flexibility index (Phi) is 5.75. The molecule has 27 heavy (non-hydrogen) atoms. The lowest BCUT2D eigenvalue weighted by Gasteiger charge is -2.42. The minimum absolute atomic E-state index is 0.321. The van der Waals surface area contributed by atoms with Gasteiger partial charge in [0.2, 0.25) is 0 Å². The summed E-state index contributed by atoms with van der Waals surface area (Å²) in [5, 5.41) is 0. The molecule has 1 fully saturated rings. The molecule has 0 N–H and O–H groups in total. The summed E-state index contributed by atoms with van der Waals surface area (Å²) in [5.41, 5.74) is 5.78. The Bertz CT molecular complexity index is 862. The highest BCUT2D eigenvalue weighted by molar-refractivity contribution is 5.94. The number of rotatable bonds is 6. The number of carbonyl (C=O) groups excluding carboxylic acids is 1. The van der Waals surface area contributed by atoms with Gasteiger partial charge in [-0.15, -0.1) is 0 Å². The molecule has 4 nitrogen and oxygen atoms in total. The van der Waals surface area contributed by atoms with E-state index in [0.29, 0.717) is 18.1 Å². The summed E-state index contributed by atoms with van der Waals surface area (Å²) < 4.78 is 5.19. The average Bonchev–Trinajstić information content (AvgIpc) is 2.62. The minimum atomic E-state index is -0.321. The lowest BCUT2D eigenvalue weighted by Crippen LogP contribution is -2.43. The fraction of sp³-hybridized carbons (Fsp3) is 0.304. The van der Waals surface area contributed by atoms with E-state index < -0.39 is 0 Å². The van der Waals surface area contributed by atoms with Crippen LogP contribution in [0.2, 0.25) is 0 Å². The van der Waals surface area contributed by atoms with Crippen LogP contribution in [0.4, 0.5) is 0 Å². The number of esters is 1. The molecule has 2 aromatic rings. The van der Waals surface area contributed by atoms with E-state index in [4.69, 9.17) is 4.74 Å². The van der Waals surface area contributed by atoms with Crippen LogP contribution in [0.1, 0.15) is 45.6 Å². The van der Waals surface area contributed by atoms with Crippen LogP contribution in [-0.4, -0.2) is 35.5 Å². The maximum atomic E-state index is 12.3. The molecule has 1 aromatic carbocycles. The Morgan fingerprint density at radius 2 is 1.96 bits per heavy atom. The van der Waals surface area contributed by atoms with Gasteiger partial charge in [0.25, 0.3) is 0 Å². The molecule has 0 atom stereocenters. The van der Waals surface area contributed by atoms with Crippen molar-refractivity contribution in [3.8, 4) is 0 Å². The van der Waals surface area contributed by atoms with E-state index in [9.17, 15) is 4.79 Å². The fourth-order valence-electron chi connectivity index (χ4n) is 3.31. The molecule has 0 bridgehead atoms. The van der Waals surface area contributed by atoms with Gasteiger partial charge < -0.3 is 9.64 Å². The third-order valence-corrected chi connectivity index (χ3v) is 4.98. The maximum absolute atomic E-state index is 12.3. The van der Waals surface area contributed by atoms with Crippen LogP contribution in [0.15, 0.2) is 54.9 Å². The summed E-state index contributed by atoms with van der Waals surface area (Å²) in [6, 6.07) is 10.4. The number of likely N-dealkylation sites (tertiary alicyclic amines) is 1. The van der Waals surface area contributed by atoms with Gasteiger partial charge in [0, 0.05) is 42.2 Å². The van der Waals surface area contributed by atoms with E-state index in [1.165, 1.54) is 11.1 Å². The first kappa shape index (κ1) is 18.9. The molecule has 0 amide bonds. The maximum Gasteiger partial charge on any atom is 0.338 e. The Balaban J connectivity index is 1.81. The Hall–Kier alpha value is -2.88. The quantitative estimate of drug-likeness (QED) is 0.560. The molecule has 2 heterocycles. The predicted octanol–water partition coefficient (Wildman–Crippen LogP) is 4.50. The Labute approximate surface area is 161 Å². The first-order valence-corrected chi connectivity index (χ1v) is 9.31. The zero-order chi connectivity index (χ0) is 19.4. The number of aryl methyl sites for hydroxylation is 2. The number of nitrogens with zero attached hydrogens (tertiary/aromatic N) is 2. The first-order valence-electron chi connectivity index (χ1n) is 9.31. The number of hydrogen-bond acceptors (Lipinski definition) is 4. The van der Waals surface area contributed by atoms with E-state index in [2.05, 4.69) is 47.7 Å². The third-order valence-electron chi connectivity index (χ3n) is 4.98. The van der Waals surface area contributed by atoms with Crippen LogP contribution in [0, 0.1) is 13.8 Å². The summed E-state index contributed by atoms with van der Waals surface area (Å²) in [5.74, 6) is 0.201. The van der Waals surface area contributed by atoms with Gasteiger partial charge in [0.05, 0.1) is 12.2 Å². The van der Waals surface area contributed by atoms with Gasteiger partial charge in [-0.3, -0.25) is 4.98 Å². The molecule has 0 saturated carbocycles. The van der Waals surface area contributed by atoms with Gasteiger partial charge in [-0.25, -0.2) is 4.79 Å². The van der Waals surface area contributed by atoms with Gasteiger partial charge in [-0.2, -0.15) is 0 Å². The Morgan fingerprint density at radius 3 is 2.59 bits per heavy atom. The van der Waals surface area contributed by atoms with Crippen LogP contribution in [0.25, 0.3) is 6.08 Å². The average molecular weight is 362 g/mol. The third kappa shape index (κ3) is 4.11. The second kappa shape index (κ2) is 8.21. The van der Waals surface area contributed by atoms with Crippen molar-refractivity contribution < 1.29 is 9.53 Å². The van der Waals surface area contributed by atoms with Crippen molar-refractivity contribution in [3.05, 3.63) is 82.8 Å². The van der Waals surface area contributed by atoms with Crippen LogP contribution >= 0.6 is 0 Å². The molecule has 1 aliphatic heterocycles. The molecule has 1 aromatic heterocycles. The van der Waals surface area contributed by atoms with Crippen molar-refractivity contribution >= 4 is 12.0 Å². The predicted molar refractivity (Wildman–Crippen MR) is 109 cm³/mol. The van der Waals surface area contributed by atoms with Crippen molar-refractivity contribution in [3.63, 3.8) is 0 Å². The van der Waals surface area contributed by atoms with E-state index in [-0.39, 0.29) is 5.97 Å². The molecule has 0 unspecified atom stereocenters. The fourth-order valence-corrected chi connectivity index (χ4v) is 3.31. The van der Waals surface area contributed by atoms with Crippen LogP contribution in [-0.2, 0) is 4.74 Å². The number of allylic oxidation sites excluding steroid dienone is 1. The number of benzene rings is 1. The summed E-state index contributed by atoms with van der Waals surface area (Å²) in [4.78, 5) is 18.9. The van der Waals surface area contributed by atoms with E-state index >= 15 is 0 Å². The largest absolute Gasteiger partial charge is 0.462 e. The smallest absolute Gasteiger partial charge is 0.338 e. The lowest BCUT2D eigenvalue weighted by atomic mass is 9.90. The first-order chi connectivity index (χ1) is 13.0. The van der Waals surface area contributed by atoms with Crippen LogP contribution < -0.4 is 0 Å². The standard InChI is InChI=1S/C23H26N2O2/c1-5-20(25-14-19(15-25)18-9-7-16(3)8-10-18)13-22-17(4)24-12-11-21(22)23(26)27-6-2/h5,7-13,19H,1,6,14-15H2,2-4H3/b20-13+. The molecule has 3 rings (SSSR count). The highest BCUT2D eigenvalue weighted by Crippen LogP contribution is 2.31. The van der Waals surface area contributed by atoms with Gasteiger partial charge in [-0.1, -0.05) is 36.4 Å². The van der Waals surface area contributed by atoms with Crippen molar-refractivity contribution in [1.29, 1.82) is 0 Å². The monoisotopic (exact) mass is 362 g/mol. The lowest BCUT2D eigenvalue weighted by molar-refractivity contribution is 0.0526. The van der Waals surface area contributed by atoms with Gasteiger partial charge in [0.1, 0.15) is 0 Å². The number of aromatic nitrogens is 1. The summed E-state index contributed by atoms with van der Waals surface area (Å²) in [6.07, 6.45) is 5.48. The zero-order valence-electron chi connectivity index (χ0n) is 16.2. The van der Waals surface area contributed by atoms with Crippen molar-refractivity contribution in [2.45, 2.75) is 26.7 Å². The van der Waals surface area contributed by atoms with E-state index in [1.54, 1.807) is 12.3 Å². The SMILES string of the molecule is C=C/C(=C\c1c(C(=O)OCC)ccnc1C)N1CC(c2ccc(C)cc2)C1. The molecule has 140 valence electrons. The van der Waals surface area contributed by atoms with Crippen LogP contribution in [0.5, 0.6) is 0 Å². The number of carbonyl (C=O) groups is 1. The molecule has 1 aliphatic rings. The molecular formula is C23H26N2O2. The van der Waals surface area contributed by atoms with Gasteiger partial charge in [0.15, 0.2) is 0 Å². The molecular weight excluding hydrogens is 336 g/mol. The number of pyridine rings is 1. The van der Waals surface area contributed by atoms with Gasteiger partial charge >= 0.3 is 5.97 Å². The zero-order valence-corrected chi connectivity index (χ0v) is 16.2. The Morgan fingerprint density at radius 1 is 1.26 bits per heavy atom. The summed E-state index contributed by atoms with van der Waals surface area (Å²) in [6.45, 7) is 12.0. The van der Waals surface area contributed by atoms with Crippen LogP contribution in [0.3, 0.4) is 0 Å². The van der Waals surface area contributed by atoms with Gasteiger partial charge in [-0.05, 0) is 44.6 Å². The summed E-state index contributed by atoms with van der Waals surface area (Å²) in [7, 11) is 0. The second-order valence-electron chi connectivity index (χ2n) is 6.86. The highest BCUT2D eigenvalue weighted by atomic mass is 16.5. The normalized spacial score (nSPS) is 14.6. The number of ether oxygens (including phenoxy) is 1. The second-order valence-corrected chi connectivity index (χ2v) is 6.86. The topological polar surface area (TPSA) is 42.4 Å². The molecule has 0 spiro atoms. The van der Waals surface area contributed by atoms with Crippen molar-refractivity contribution in [2.24, 2.45) is 0 Å².